The van der Waals surface area contributed by atoms with Gasteiger partial charge < -0.3 is 15.0 Å². The number of guanidine groups is 1. The number of rotatable bonds is 5. The van der Waals surface area contributed by atoms with E-state index in [1.165, 1.54) is 5.56 Å². The van der Waals surface area contributed by atoms with Gasteiger partial charge in [-0.2, -0.15) is 0 Å². The lowest BCUT2D eigenvalue weighted by atomic mass is 9.98. The summed E-state index contributed by atoms with van der Waals surface area (Å²) in [6.45, 7) is 7.42. The van der Waals surface area contributed by atoms with E-state index >= 15 is 0 Å². The molecule has 1 aliphatic rings. The molecule has 126 valence electrons. The number of esters is 1. The second-order valence-corrected chi connectivity index (χ2v) is 5.69. The Bertz CT molecular complexity index is 516. The normalized spacial score (nSPS) is 18.6. The average Bonchev–Trinajstić information content (AvgIpc) is 2.60. The molecule has 0 aliphatic carbocycles. The zero-order valence-corrected chi connectivity index (χ0v) is 14.1. The molecule has 0 bridgehead atoms. The van der Waals surface area contributed by atoms with Gasteiger partial charge in [-0.15, -0.1) is 0 Å². The fourth-order valence-corrected chi connectivity index (χ4v) is 2.80. The summed E-state index contributed by atoms with van der Waals surface area (Å²) >= 11 is 0. The third-order valence-corrected chi connectivity index (χ3v) is 3.93. The zero-order chi connectivity index (χ0) is 16.5. The number of aliphatic imine (C=N–C) groups is 1. The molecule has 0 spiro atoms. The first-order chi connectivity index (χ1) is 11.2. The van der Waals surface area contributed by atoms with Crippen molar-refractivity contribution in [2.45, 2.75) is 33.2 Å². The highest BCUT2D eigenvalue weighted by Crippen LogP contribution is 2.18. The number of carbonyl (C=O) groups excluding carboxylic acids is 1. The molecule has 1 aromatic rings. The van der Waals surface area contributed by atoms with Crippen LogP contribution in [0.4, 0.5) is 0 Å². The summed E-state index contributed by atoms with van der Waals surface area (Å²) in [6.07, 6.45) is 1.88. The Kier molecular flexibility index (Phi) is 6.91. The third kappa shape index (κ3) is 5.27. The van der Waals surface area contributed by atoms with E-state index in [2.05, 4.69) is 29.3 Å². The van der Waals surface area contributed by atoms with Gasteiger partial charge in [0.25, 0.3) is 0 Å². The van der Waals surface area contributed by atoms with Gasteiger partial charge in [-0.1, -0.05) is 30.3 Å². The predicted molar refractivity (Wildman–Crippen MR) is 92.2 cm³/mol. The smallest absolute Gasteiger partial charge is 0.310 e. The lowest BCUT2D eigenvalue weighted by Gasteiger charge is -2.34. The van der Waals surface area contributed by atoms with Crippen LogP contribution in [0.2, 0.25) is 0 Å². The molecule has 0 saturated carbocycles. The Balaban J connectivity index is 2.02. The molecule has 1 atom stereocenters. The number of hydrogen-bond acceptors (Lipinski definition) is 3. The second-order valence-electron chi connectivity index (χ2n) is 5.69. The molecule has 0 radical (unpaired) electrons. The number of benzene rings is 1. The summed E-state index contributed by atoms with van der Waals surface area (Å²) in [5.74, 6) is 0.741. The van der Waals surface area contributed by atoms with E-state index in [9.17, 15) is 4.79 Å². The molecule has 1 N–H and O–H groups in total. The number of likely N-dealkylation sites (tertiary alicyclic amines) is 1. The van der Waals surface area contributed by atoms with Crippen molar-refractivity contribution in [2.75, 3.05) is 26.2 Å². The van der Waals surface area contributed by atoms with Crippen LogP contribution in [-0.2, 0) is 16.1 Å². The minimum absolute atomic E-state index is 0.0516. The van der Waals surface area contributed by atoms with Gasteiger partial charge in [-0.25, -0.2) is 4.99 Å². The number of hydrogen-bond donors (Lipinski definition) is 1. The predicted octanol–water partition coefficient (Wildman–Crippen LogP) is 2.43. The molecular weight excluding hydrogens is 290 g/mol. The maximum Gasteiger partial charge on any atom is 0.310 e. The van der Waals surface area contributed by atoms with E-state index in [1.54, 1.807) is 0 Å². The molecule has 1 fully saturated rings. The van der Waals surface area contributed by atoms with Gasteiger partial charge in [0, 0.05) is 19.6 Å². The van der Waals surface area contributed by atoms with Crippen LogP contribution in [0.1, 0.15) is 32.3 Å². The highest BCUT2D eigenvalue weighted by molar-refractivity contribution is 5.81. The van der Waals surface area contributed by atoms with Gasteiger partial charge >= 0.3 is 5.97 Å². The zero-order valence-electron chi connectivity index (χ0n) is 14.1. The van der Waals surface area contributed by atoms with E-state index in [0.29, 0.717) is 19.7 Å². The third-order valence-electron chi connectivity index (χ3n) is 3.93. The number of piperidine rings is 1. The summed E-state index contributed by atoms with van der Waals surface area (Å²) in [7, 11) is 0. The van der Waals surface area contributed by atoms with Crippen molar-refractivity contribution in [3.8, 4) is 0 Å². The van der Waals surface area contributed by atoms with Gasteiger partial charge in [0.15, 0.2) is 5.96 Å². The minimum Gasteiger partial charge on any atom is -0.466 e. The minimum atomic E-state index is -0.0869. The number of carbonyl (C=O) groups is 1. The highest BCUT2D eigenvalue weighted by atomic mass is 16.5. The molecule has 1 aliphatic heterocycles. The maximum atomic E-state index is 12.0. The lowest BCUT2D eigenvalue weighted by molar-refractivity contribution is -0.149. The van der Waals surface area contributed by atoms with Crippen LogP contribution in [0.3, 0.4) is 0 Å². The van der Waals surface area contributed by atoms with Crippen molar-refractivity contribution >= 4 is 11.9 Å². The molecule has 2 rings (SSSR count). The van der Waals surface area contributed by atoms with Gasteiger partial charge in [-0.3, -0.25) is 4.79 Å². The van der Waals surface area contributed by atoms with Crippen LogP contribution < -0.4 is 5.32 Å². The van der Waals surface area contributed by atoms with Gasteiger partial charge in [0.05, 0.1) is 19.1 Å². The second kappa shape index (κ2) is 9.18. The Morgan fingerprint density at radius 1 is 1.35 bits per heavy atom. The van der Waals surface area contributed by atoms with Crippen molar-refractivity contribution in [3.05, 3.63) is 35.9 Å². The maximum absolute atomic E-state index is 12.0. The first kappa shape index (κ1) is 17.3. The molecule has 0 amide bonds. The topological polar surface area (TPSA) is 53.9 Å². The van der Waals surface area contributed by atoms with Crippen LogP contribution in [0.5, 0.6) is 0 Å². The average molecular weight is 317 g/mol. The fourth-order valence-electron chi connectivity index (χ4n) is 2.80. The lowest BCUT2D eigenvalue weighted by Crippen LogP contribution is -2.48. The molecule has 1 aromatic carbocycles. The quantitative estimate of drug-likeness (QED) is 0.515. The van der Waals surface area contributed by atoms with Crippen molar-refractivity contribution in [3.63, 3.8) is 0 Å². The summed E-state index contributed by atoms with van der Waals surface area (Å²) in [5.41, 5.74) is 1.18. The van der Waals surface area contributed by atoms with Gasteiger partial charge in [0.1, 0.15) is 0 Å². The largest absolute Gasteiger partial charge is 0.466 e. The number of nitrogens with zero attached hydrogens (tertiary/aromatic N) is 2. The number of nitrogens with one attached hydrogen (secondary N) is 1. The first-order valence-corrected chi connectivity index (χ1v) is 8.48. The summed E-state index contributed by atoms with van der Waals surface area (Å²) < 4.78 is 5.17. The van der Waals surface area contributed by atoms with Gasteiger partial charge in [0.2, 0.25) is 0 Å². The summed E-state index contributed by atoms with van der Waals surface area (Å²) in [5, 5.41) is 3.34. The molecule has 1 heterocycles. The van der Waals surface area contributed by atoms with Crippen molar-refractivity contribution < 1.29 is 9.53 Å². The van der Waals surface area contributed by atoms with Crippen molar-refractivity contribution in [1.29, 1.82) is 0 Å². The molecule has 5 nitrogen and oxygen atoms in total. The van der Waals surface area contributed by atoms with E-state index in [4.69, 9.17) is 9.73 Å². The van der Waals surface area contributed by atoms with Crippen LogP contribution >= 0.6 is 0 Å². The summed E-state index contributed by atoms with van der Waals surface area (Å²) in [4.78, 5) is 18.9. The van der Waals surface area contributed by atoms with Crippen LogP contribution in [0.25, 0.3) is 0 Å². The molecule has 0 aromatic heterocycles. The summed E-state index contributed by atoms with van der Waals surface area (Å²) in [6, 6.07) is 10.2. The SMILES string of the molecule is CCNC(=NCc1ccccc1)N1CCCC(C(=O)OCC)C1. The molecule has 1 unspecified atom stereocenters. The van der Waals surface area contributed by atoms with Crippen LogP contribution in [-0.4, -0.2) is 43.1 Å². The monoisotopic (exact) mass is 317 g/mol. The molecule has 23 heavy (non-hydrogen) atoms. The standard InChI is InChI=1S/C18H27N3O2/c1-3-19-18(20-13-15-9-6-5-7-10-15)21-12-8-11-16(14-21)17(22)23-4-2/h5-7,9-10,16H,3-4,8,11-14H2,1-2H3,(H,19,20). The Morgan fingerprint density at radius 2 is 2.13 bits per heavy atom. The van der Waals surface area contributed by atoms with Crippen LogP contribution in [0, 0.1) is 5.92 Å². The Labute approximate surface area is 138 Å². The number of ether oxygens (including phenoxy) is 1. The van der Waals surface area contributed by atoms with E-state index in [0.717, 1.165) is 31.9 Å². The first-order valence-electron chi connectivity index (χ1n) is 8.48. The van der Waals surface area contributed by atoms with E-state index in [-0.39, 0.29) is 11.9 Å². The van der Waals surface area contributed by atoms with E-state index < -0.39 is 0 Å². The molecular formula is C18H27N3O2. The van der Waals surface area contributed by atoms with Crippen molar-refractivity contribution in [2.24, 2.45) is 10.9 Å². The van der Waals surface area contributed by atoms with E-state index in [1.807, 2.05) is 25.1 Å². The fraction of sp³-hybridized carbons (Fsp3) is 0.556. The Hall–Kier alpha value is -2.04. The highest BCUT2D eigenvalue weighted by Gasteiger charge is 2.28. The Morgan fingerprint density at radius 3 is 2.83 bits per heavy atom. The molecule has 5 heteroatoms. The molecule has 1 saturated heterocycles. The van der Waals surface area contributed by atoms with Crippen molar-refractivity contribution in [1.82, 2.24) is 10.2 Å². The van der Waals surface area contributed by atoms with Gasteiger partial charge in [-0.05, 0) is 32.3 Å². The van der Waals surface area contributed by atoms with Crippen LogP contribution in [0.15, 0.2) is 35.3 Å².